The third kappa shape index (κ3) is 4.29. The second-order valence-corrected chi connectivity index (χ2v) is 12.7. The van der Waals surface area contributed by atoms with E-state index in [1.807, 2.05) is 0 Å². The Morgan fingerprint density at radius 3 is 1.19 bits per heavy atom. The minimum atomic E-state index is -2.61. The third-order valence-electron chi connectivity index (χ3n) is 7.16. The van der Waals surface area contributed by atoms with Crippen LogP contribution in [0.5, 0.6) is 0 Å². The predicted molar refractivity (Wildman–Crippen MR) is 146 cm³/mol. The van der Waals surface area contributed by atoms with Gasteiger partial charge in [0.25, 0.3) is 0 Å². The molecule has 176 valence electrons. The first-order valence-corrected chi connectivity index (χ1v) is 13.6. The standard InChI is InChI=1S/C32H26Si.2ClH.Hf/c1-23-21-25-13-9-11-19-29(25)31(23)33(27-15-5-3-6-16-27,28-17-7-4-8-18-28)32-24(2)22-26-14-10-12-20-30(26)32;;;/h3-22H,1-2H3;2*1H;/q-2;;;+4/p-2. The zero-order chi connectivity index (χ0) is 22.4. The average molecular weight is 688 g/mol. The molecule has 0 spiro atoms. The summed E-state index contributed by atoms with van der Waals surface area (Å²) in [6.45, 7) is 4.62. The molecule has 0 saturated carbocycles. The van der Waals surface area contributed by atoms with Gasteiger partial charge in [-0.25, -0.2) is 0 Å². The maximum Gasteiger partial charge on any atom is 4.00 e. The van der Waals surface area contributed by atoms with Crippen molar-refractivity contribution in [1.82, 2.24) is 0 Å². The van der Waals surface area contributed by atoms with Crippen LogP contribution < -0.4 is 45.6 Å². The Morgan fingerprint density at radius 2 is 0.806 bits per heavy atom. The van der Waals surface area contributed by atoms with E-state index in [1.54, 1.807) is 0 Å². The number of aryl methyl sites for hydroxylation is 2. The number of fused-ring (bicyclic) bond motifs is 2. The molecule has 0 bridgehead atoms. The van der Waals surface area contributed by atoms with Crippen molar-refractivity contribution in [1.29, 1.82) is 0 Å². The van der Waals surface area contributed by atoms with Gasteiger partial charge in [-0.05, 0) is 0 Å². The molecule has 4 heteroatoms. The van der Waals surface area contributed by atoms with Crippen molar-refractivity contribution in [3.63, 3.8) is 0 Å². The molecule has 0 atom stereocenters. The van der Waals surface area contributed by atoms with Gasteiger partial charge >= 0.3 is 25.8 Å². The molecular formula is C32H26Cl2HfSi. The first-order chi connectivity index (χ1) is 16.2. The van der Waals surface area contributed by atoms with Crippen LogP contribution in [0.25, 0.3) is 21.5 Å². The van der Waals surface area contributed by atoms with E-state index < -0.39 is 8.07 Å². The predicted octanol–water partition coefficient (Wildman–Crippen LogP) is -0.569. The van der Waals surface area contributed by atoms with Gasteiger partial charge in [-0.1, -0.05) is 97.0 Å². The molecule has 6 aromatic carbocycles. The Morgan fingerprint density at radius 1 is 0.472 bits per heavy atom. The molecule has 0 aromatic heterocycles. The first-order valence-electron chi connectivity index (χ1n) is 11.6. The fourth-order valence-electron chi connectivity index (χ4n) is 5.98. The van der Waals surface area contributed by atoms with Gasteiger partial charge in [0.05, 0.1) is 8.07 Å². The molecule has 0 aliphatic rings. The molecule has 36 heavy (non-hydrogen) atoms. The molecule has 6 rings (SSSR count). The molecule has 0 saturated heterocycles. The Balaban J connectivity index is 0.00000120. The maximum absolute atomic E-state index is 2.61. The number of rotatable bonds is 4. The van der Waals surface area contributed by atoms with E-state index in [0.29, 0.717) is 0 Å². The minimum Gasteiger partial charge on any atom is -1.00 e. The first kappa shape index (κ1) is 28.3. The van der Waals surface area contributed by atoms with E-state index in [9.17, 15) is 0 Å². The van der Waals surface area contributed by atoms with Crippen molar-refractivity contribution >= 4 is 50.4 Å². The summed E-state index contributed by atoms with van der Waals surface area (Å²) in [5.74, 6) is 0. The molecule has 0 nitrogen and oxygen atoms in total. The maximum atomic E-state index is 2.39. The van der Waals surface area contributed by atoms with Crippen molar-refractivity contribution in [2.75, 3.05) is 0 Å². The van der Waals surface area contributed by atoms with Crippen molar-refractivity contribution < 1.29 is 50.7 Å². The van der Waals surface area contributed by atoms with Crippen LogP contribution in [0.3, 0.4) is 0 Å². The van der Waals surface area contributed by atoms with Crippen molar-refractivity contribution in [3.8, 4) is 0 Å². The Bertz CT molecular complexity index is 1460. The number of halogens is 2. The van der Waals surface area contributed by atoms with Gasteiger partial charge in [0.15, 0.2) is 0 Å². The summed E-state index contributed by atoms with van der Waals surface area (Å²) in [5, 5.41) is 11.4. The van der Waals surface area contributed by atoms with Gasteiger partial charge in [-0.3, -0.25) is 0 Å². The van der Waals surface area contributed by atoms with Crippen LogP contribution in [-0.4, -0.2) is 8.07 Å². The SMILES string of the molecule is Cc1[cH-]c2ccccc2c1[Si](c1ccccc1)(c1ccccc1)c1c(C)[cH-]c2ccccc12.[Cl-].[Cl-].[Hf+4]. The quantitative estimate of drug-likeness (QED) is 0.172. The largest absolute Gasteiger partial charge is 4.00 e. The van der Waals surface area contributed by atoms with Crippen LogP contribution in [0.2, 0.25) is 0 Å². The molecule has 0 heterocycles. The fourth-order valence-corrected chi connectivity index (χ4v) is 11.7. The molecule has 0 fully saturated rings. The molecule has 0 radical (unpaired) electrons. The fraction of sp³-hybridized carbons (Fsp3) is 0.0625. The molecule has 6 aromatic rings. The molecular weight excluding hydrogens is 662 g/mol. The van der Waals surface area contributed by atoms with Gasteiger partial charge in [0.2, 0.25) is 0 Å². The molecule has 0 aliphatic heterocycles. The molecule has 0 N–H and O–H groups in total. The van der Waals surface area contributed by atoms with E-state index >= 15 is 0 Å². The number of benzene rings is 4. The van der Waals surface area contributed by atoms with Gasteiger partial charge in [-0.15, -0.1) is 91.6 Å². The summed E-state index contributed by atoms with van der Waals surface area (Å²) in [5.41, 5.74) is 2.78. The Hall–Kier alpha value is -2.23. The van der Waals surface area contributed by atoms with Crippen molar-refractivity contribution in [2.45, 2.75) is 13.8 Å². The van der Waals surface area contributed by atoms with E-state index in [-0.39, 0.29) is 50.7 Å². The van der Waals surface area contributed by atoms with Gasteiger partial charge in [-0.2, -0.15) is 0 Å². The zero-order valence-electron chi connectivity index (χ0n) is 20.3. The van der Waals surface area contributed by atoms with E-state index in [4.69, 9.17) is 0 Å². The Kier molecular flexibility index (Phi) is 9.00. The summed E-state index contributed by atoms with van der Waals surface area (Å²) in [4.78, 5) is 0. The van der Waals surface area contributed by atoms with Crippen LogP contribution in [-0.2, 0) is 25.8 Å². The van der Waals surface area contributed by atoms with Gasteiger partial charge in [0.1, 0.15) is 0 Å². The topological polar surface area (TPSA) is 0 Å². The van der Waals surface area contributed by atoms with Crippen molar-refractivity contribution in [3.05, 3.63) is 132 Å². The van der Waals surface area contributed by atoms with Crippen molar-refractivity contribution in [2.24, 2.45) is 0 Å². The zero-order valence-corrected chi connectivity index (χ0v) is 26.4. The second kappa shape index (κ2) is 11.4. The monoisotopic (exact) mass is 688 g/mol. The molecule has 0 unspecified atom stereocenters. The van der Waals surface area contributed by atoms with Gasteiger partial charge in [0, 0.05) is 0 Å². The summed E-state index contributed by atoms with van der Waals surface area (Å²) < 4.78 is 0. The number of hydrogen-bond acceptors (Lipinski definition) is 0. The molecule has 0 amide bonds. The summed E-state index contributed by atoms with van der Waals surface area (Å²) in [6.07, 6.45) is 0. The van der Waals surface area contributed by atoms with Crippen LogP contribution in [0.4, 0.5) is 0 Å². The van der Waals surface area contributed by atoms with Crippen LogP contribution in [0.15, 0.2) is 121 Å². The summed E-state index contributed by atoms with van der Waals surface area (Å²) >= 11 is 0. The third-order valence-corrected chi connectivity index (χ3v) is 12.4. The molecule has 0 aliphatic carbocycles. The van der Waals surface area contributed by atoms with E-state index in [0.717, 1.165) is 0 Å². The average Bonchev–Trinajstić information content (AvgIpc) is 3.38. The summed E-state index contributed by atoms with van der Waals surface area (Å²) in [6, 6.07) is 45.2. The van der Waals surface area contributed by atoms with E-state index in [2.05, 4.69) is 135 Å². The summed E-state index contributed by atoms with van der Waals surface area (Å²) in [7, 11) is -2.61. The van der Waals surface area contributed by atoms with Crippen LogP contribution in [0.1, 0.15) is 11.1 Å². The van der Waals surface area contributed by atoms with E-state index in [1.165, 1.54) is 53.4 Å². The smallest absolute Gasteiger partial charge is 1.00 e. The Labute approximate surface area is 245 Å². The van der Waals surface area contributed by atoms with Crippen LogP contribution >= 0.6 is 0 Å². The number of hydrogen-bond donors (Lipinski definition) is 0. The normalized spacial score (nSPS) is 10.9. The minimum absolute atomic E-state index is 0. The van der Waals surface area contributed by atoms with Gasteiger partial charge < -0.3 is 24.8 Å². The second-order valence-electron chi connectivity index (χ2n) is 9.06. The van der Waals surface area contributed by atoms with Crippen LogP contribution in [0, 0.1) is 13.8 Å².